The summed E-state index contributed by atoms with van der Waals surface area (Å²) in [5.41, 5.74) is 0.776. The van der Waals surface area contributed by atoms with Gasteiger partial charge >= 0.3 is 0 Å². The van der Waals surface area contributed by atoms with E-state index in [2.05, 4.69) is 5.48 Å². The summed E-state index contributed by atoms with van der Waals surface area (Å²) < 4.78 is 63.0. The predicted octanol–water partition coefficient (Wildman–Crippen LogP) is 3.44. The van der Waals surface area contributed by atoms with Crippen LogP contribution >= 0.6 is 0 Å². The molecule has 21 heavy (non-hydrogen) atoms. The summed E-state index contributed by atoms with van der Waals surface area (Å²) in [6.07, 6.45) is -1.16. The van der Waals surface area contributed by atoms with Crippen LogP contribution in [0.25, 0.3) is 0 Å². The fourth-order valence-corrected chi connectivity index (χ4v) is 2.77. The number of fused-ring (bicyclic) bond motifs is 1. The quantitative estimate of drug-likeness (QED) is 0.845. The monoisotopic (exact) mass is 309 g/mol. The second-order valence-corrected chi connectivity index (χ2v) is 5.32. The van der Waals surface area contributed by atoms with E-state index in [1.807, 2.05) is 0 Å². The molecule has 0 amide bonds. The Hall–Kier alpha value is -1.21. The Morgan fingerprint density at radius 1 is 1.19 bits per heavy atom. The van der Waals surface area contributed by atoms with E-state index in [0.29, 0.717) is 0 Å². The van der Waals surface area contributed by atoms with Gasteiger partial charge in [-0.25, -0.2) is 22.0 Å². The van der Waals surface area contributed by atoms with Gasteiger partial charge in [-0.3, -0.25) is 4.84 Å². The van der Waals surface area contributed by atoms with Gasteiger partial charge in [-0.15, -0.1) is 0 Å². The molecule has 0 aromatic heterocycles. The van der Waals surface area contributed by atoms with Crippen molar-refractivity contribution >= 4 is 0 Å². The van der Waals surface area contributed by atoms with Gasteiger partial charge in [0, 0.05) is 18.8 Å². The van der Waals surface area contributed by atoms with Gasteiger partial charge in [-0.1, -0.05) is 18.2 Å². The van der Waals surface area contributed by atoms with Crippen molar-refractivity contribution in [2.45, 2.75) is 30.4 Å². The average Bonchev–Trinajstić information content (AvgIpc) is 2.91. The average molecular weight is 309 g/mol. The molecule has 3 unspecified atom stereocenters. The molecule has 118 valence electrons. The van der Waals surface area contributed by atoms with E-state index in [1.54, 1.807) is 18.2 Å². The van der Waals surface area contributed by atoms with Gasteiger partial charge in [-0.05, 0) is 12.1 Å². The topological polar surface area (TPSA) is 21.3 Å². The molecule has 1 saturated carbocycles. The van der Waals surface area contributed by atoms with E-state index in [4.69, 9.17) is 4.84 Å². The van der Waals surface area contributed by atoms with Gasteiger partial charge in [0.15, 0.2) is 0 Å². The van der Waals surface area contributed by atoms with E-state index in [0.717, 1.165) is 0 Å². The minimum Gasteiger partial charge on any atom is -0.291 e. The van der Waals surface area contributed by atoms with Crippen molar-refractivity contribution in [1.29, 1.82) is 0 Å². The number of halogens is 5. The number of benzene rings is 1. The van der Waals surface area contributed by atoms with E-state index in [1.165, 1.54) is 12.1 Å². The van der Waals surface area contributed by atoms with Crippen LogP contribution < -0.4 is 5.48 Å². The third-order valence-electron chi connectivity index (χ3n) is 3.78. The van der Waals surface area contributed by atoms with Crippen LogP contribution in [0.5, 0.6) is 0 Å². The number of hydrogen-bond acceptors (Lipinski definition) is 2. The number of alkyl halides is 4. The Morgan fingerprint density at radius 3 is 2.33 bits per heavy atom. The first-order valence-electron chi connectivity index (χ1n) is 6.56. The Balaban J connectivity index is 0.000000194. The molecule has 2 nitrogen and oxygen atoms in total. The third kappa shape index (κ3) is 3.52. The first-order chi connectivity index (χ1) is 9.92. The highest BCUT2D eigenvalue weighted by Gasteiger charge is 2.63. The van der Waals surface area contributed by atoms with Crippen LogP contribution in [-0.2, 0) is 4.84 Å². The van der Waals surface area contributed by atoms with Gasteiger partial charge < -0.3 is 0 Å². The summed E-state index contributed by atoms with van der Waals surface area (Å²) in [4.78, 5) is 4.81. The second-order valence-electron chi connectivity index (χ2n) is 5.32. The maximum Gasteiger partial charge on any atom is 0.251 e. The third-order valence-corrected chi connectivity index (χ3v) is 3.78. The predicted molar refractivity (Wildman–Crippen MR) is 66.8 cm³/mol. The molecule has 2 aliphatic rings. The van der Waals surface area contributed by atoms with E-state index in [9.17, 15) is 22.0 Å². The Kier molecular flexibility index (Phi) is 4.83. The summed E-state index contributed by atoms with van der Waals surface area (Å²) in [6.45, 7) is -1.82. The van der Waals surface area contributed by atoms with Gasteiger partial charge in [0.05, 0.1) is 6.04 Å². The summed E-state index contributed by atoms with van der Waals surface area (Å²) in [7, 11) is 0. The lowest BCUT2D eigenvalue weighted by Gasteiger charge is -2.22. The minimum absolute atomic E-state index is 0.178. The number of rotatable bonds is 2. The van der Waals surface area contributed by atoms with Gasteiger partial charge in [-0.2, -0.15) is 5.48 Å². The Labute approximate surface area is 119 Å². The van der Waals surface area contributed by atoms with Gasteiger partial charge in [0.1, 0.15) is 24.8 Å². The van der Waals surface area contributed by atoms with Crippen LogP contribution in [0.1, 0.15) is 12.8 Å². The fraction of sp³-hybridized carbons (Fsp3) is 0.571. The molecular formula is C14H16F5NO. The molecule has 1 heterocycles. The van der Waals surface area contributed by atoms with Crippen molar-refractivity contribution in [1.82, 2.24) is 5.48 Å². The molecule has 1 saturated heterocycles. The molecule has 1 aromatic carbocycles. The largest absolute Gasteiger partial charge is 0.291 e. The first-order valence-corrected chi connectivity index (χ1v) is 6.56. The Morgan fingerprint density at radius 2 is 1.86 bits per heavy atom. The second kappa shape index (κ2) is 6.27. The molecule has 0 bridgehead atoms. The molecule has 0 radical (unpaired) electrons. The Bertz CT molecular complexity index is 458. The van der Waals surface area contributed by atoms with Crippen molar-refractivity contribution in [2.75, 3.05) is 13.3 Å². The first kappa shape index (κ1) is 16.2. The zero-order chi connectivity index (χ0) is 15.5. The van der Waals surface area contributed by atoms with Crippen LogP contribution in [0.2, 0.25) is 0 Å². The van der Waals surface area contributed by atoms with Crippen molar-refractivity contribution in [3.63, 3.8) is 0 Å². The van der Waals surface area contributed by atoms with Crippen molar-refractivity contribution in [3.05, 3.63) is 36.1 Å². The molecule has 3 rings (SSSR count). The zero-order valence-corrected chi connectivity index (χ0v) is 11.2. The lowest BCUT2D eigenvalue weighted by molar-refractivity contribution is -0.104. The van der Waals surface area contributed by atoms with Gasteiger partial charge in [0.25, 0.3) is 5.92 Å². The van der Waals surface area contributed by atoms with Crippen molar-refractivity contribution < 1.29 is 26.8 Å². The maximum absolute atomic E-state index is 13.0. The molecule has 1 aromatic rings. The smallest absolute Gasteiger partial charge is 0.251 e. The molecule has 0 spiro atoms. The van der Waals surface area contributed by atoms with Crippen molar-refractivity contribution in [2.24, 2.45) is 5.92 Å². The van der Waals surface area contributed by atoms with Crippen LogP contribution in [-0.4, -0.2) is 30.9 Å². The lowest BCUT2D eigenvalue weighted by Crippen LogP contribution is -2.36. The fourth-order valence-electron chi connectivity index (χ4n) is 2.77. The SMILES string of the molecule is FCC1NOC2(CF)CC(F)(F)CC12.Fc1ccccc1. The highest BCUT2D eigenvalue weighted by Crippen LogP contribution is 2.51. The molecule has 2 fully saturated rings. The summed E-state index contributed by atoms with van der Waals surface area (Å²) in [5, 5.41) is 0. The summed E-state index contributed by atoms with van der Waals surface area (Å²) in [5.74, 6) is -3.89. The van der Waals surface area contributed by atoms with Crippen LogP contribution in [0.4, 0.5) is 22.0 Å². The van der Waals surface area contributed by atoms with E-state index in [-0.39, 0.29) is 5.82 Å². The molecular weight excluding hydrogens is 293 g/mol. The lowest BCUT2D eigenvalue weighted by atomic mass is 9.88. The summed E-state index contributed by atoms with van der Waals surface area (Å²) >= 11 is 0. The molecule has 1 aliphatic heterocycles. The van der Waals surface area contributed by atoms with Crippen molar-refractivity contribution in [3.8, 4) is 0 Å². The number of nitrogens with one attached hydrogen (secondary N) is 1. The van der Waals surface area contributed by atoms with Crippen LogP contribution in [0.15, 0.2) is 30.3 Å². The minimum atomic E-state index is -2.94. The number of hydroxylamine groups is 1. The maximum atomic E-state index is 13.0. The van der Waals surface area contributed by atoms with E-state index >= 15 is 0 Å². The molecule has 1 N–H and O–H groups in total. The van der Waals surface area contributed by atoms with E-state index < -0.39 is 49.7 Å². The zero-order valence-electron chi connectivity index (χ0n) is 11.2. The molecule has 3 atom stereocenters. The highest BCUT2D eigenvalue weighted by atomic mass is 19.3. The summed E-state index contributed by atoms with van der Waals surface area (Å²) in [6, 6.07) is 7.13. The van der Waals surface area contributed by atoms with Gasteiger partial charge in [0.2, 0.25) is 0 Å². The molecule has 7 heteroatoms. The normalized spacial score (nSPS) is 33.2. The molecule has 1 aliphatic carbocycles. The standard InChI is InChI=1S/C8H11F4NO.C6H5F/c9-2-6-5-1-8(11,12)3-7(5,4-10)14-13-6;7-6-4-2-1-3-5-6/h5-6,13H,1-4H2;1-5H. The van der Waals surface area contributed by atoms with Crippen LogP contribution in [0, 0.1) is 11.7 Å². The highest BCUT2D eigenvalue weighted by molar-refractivity contribution is 5.07. The van der Waals surface area contributed by atoms with Crippen LogP contribution in [0.3, 0.4) is 0 Å². The number of hydrogen-bond donors (Lipinski definition) is 1.